The summed E-state index contributed by atoms with van der Waals surface area (Å²) in [5, 5.41) is 9.95. The Kier molecular flexibility index (Phi) is 3.78. The van der Waals surface area contributed by atoms with E-state index in [1.54, 1.807) is 0 Å². The summed E-state index contributed by atoms with van der Waals surface area (Å²) in [4.78, 5) is 0. The van der Waals surface area contributed by atoms with Crippen LogP contribution in [-0.4, -0.2) is 11.7 Å². The first-order valence-corrected chi connectivity index (χ1v) is 5.68. The molecule has 1 N–H and O–H groups in total. The van der Waals surface area contributed by atoms with Crippen molar-refractivity contribution in [3.8, 4) is 5.75 Å². The number of para-hydroxylation sites is 1. The van der Waals surface area contributed by atoms with Gasteiger partial charge in [-0.25, -0.2) is 0 Å². The summed E-state index contributed by atoms with van der Waals surface area (Å²) >= 11 is 0. The molecule has 0 heterocycles. The first-order valence-electron chi connectivity index (χ1n) is 5.68. The number of rotatable bonds is 4. The zero-order valence-electron chi connectivity index (χ0n) is 9.84. The third-order valence-electron chi connectivity index (χ3n) is 2.61. The summed E-state index contributed by atoms with van der Waals surface area (Å²) in [7, 11) is 0. The second-order valence-electron chi connectivity index (χ2n) is 4.05. The normalized spacial score (nSPS) is 12.1. The highest BCUT2D eigenvalue weighted by Gasteiger charge is 2.07. The summed E-state index contributed by atoms with van der Waals surface area (Å²) in [6, 6.07) is 17.3. The molecule has 0 saturated carbocycles. The predicted octanol–water partition coefficient (Wildman–Crippen LogP) is 3.11. The number of aryl methyl sites for hydroxylation is 1. The fourth-order valence-electron chi connectivity index (χ4n) is 1.58. The Morgan fingerprint density at radius 3 is 2.29 bits per heavy atom. The van der Waals surface area contributed by atoms with Gasteiger partial charge in [-0.2, -0.15) is 0 Å². The van der Waals surface area contributed by atoms with Crippen molar-refractivity contribution in [2.75, 3.05) is 6.61 Å². The minimum atomic E-state index is -0.587. The van der Waals surface area contributed by atoms with Gasteiger partial charge >= 0.3 is 0 Å². The molecule has 0 aliphatic carbocycles. The van der Waals surface area contributed by atoms with E-state index in [2.05, 4.69) is 0 Å². The van der Waals surface area contributed by atoms with E-state index in [4.69, 9.17) is 4.74 Å². The Bertz CT molecular complexity index is 448. The molecule has 2 rings (SSSR count). The Labute approximate surface area is 101 Å². The van der Waals surface area contributed by atoms with Gasteiger partial charge < -0.3 is 9.84 Å². The van der Waals surface area contributed by atoms with Crippen LogP contribution in [0.2, 0.25) is 0 Å². The predicted molar refractivity (Wildman–Crippen MR) is 68.1 cm³/mol. The molecule has 0 fully saturated rings. The molecule has 17 heavy (non-hydrogen) atoms. The van der Waals surface area contributed by atoms with Gasteiger partial charge in [0.05, 0.1) is 0 Å². The molecule has 0 aliphatic heterocycles. The molecule has 0 unspecified atom stereocenters. The van der Waals surface area contributed by atoms with Crippen molar-refractivity contribution >= 4 is 0 Å². The first kappa shape index (κ1) is 11.7. The largest absolute Gasteiger partial charge is 0.491 e. The Morgan fingerprint density at radius 2 is 1.65 bits per heavy atom. The van der Waals surface area contributed by atoms with Gasteiger partial charge in [-0.15, -0.1) is 0 Å². The lowest BCUT2D eigenvalue weighted by Gasteiger charge is -2.12. The second-order valence-corrected chi connectivity index (χ2v) is 4.05. The van der Waals surface area contributed by atoms with Crippen LogP contribution in [0.5, 0.6) is 5.75 Å². The molecule has 88 valence electrons. The van der Waals surface area contributed by atoms with Crippen LogP contribution in [0.1, 0.15) is 17.2 Å². The summed E-state index contributed by atoms with van der Waals surface area (Å²) in [5.41, 5.74) is 2.07. The maximum Gasteiger partial charge on any atom is 0.119 e. The Morgan fingerprint density at radius 1 is 1.00 bits per heavy atom. The van der Waals surface area contributed by atoms with E-state index < -0.39 is 6.10 Å². The molecule has 0 amide bonds. The second kappa shape index (κ2) is 5.51. The van der Waals surface area contributed by atoms with Crippen molar-refractivity contribution in [3.05, 3.63) is 65.7 Å². The summed E-state index contributed by atoms with van der Waals surface area (Å²) < 4.78 is 5.50. The van der Waals surface area contributed by atoms with E-state index in [9.17, 15) is 5.11 Å². The van der Waals surface area contributed by atoms with E-state index >= 15 is 0 Å². The molecular formula is C15H16O2. The molecule has 2 heteroatoms. The zero-order chi connectivity index (χ0) is 12.1. The van der Waals surface area contributed by atoms with Crippen molar-refractivity contribution < 1.29 is 9.84 Å². The van der Waals surface area contributed by atoms with Crippen LogP contribution in [0.15, 0.2) is 54.6 Å². The summed E-state index contributed by atoms with van der Waals surface area (Å²) in [6.45, 7) is 2.30. The third kappa shape index (κ3) is 3.33. The smallest absolute Gasteiger partial charge is 0.119 e. The van der Waals surface area contributed by atoms with Gasteiger partial charge in [0.2, 0.25) is 0 Å². The molecule has 0 saturated heterocycles. The lowest BCUT2D eigenvalue weighted by molar-refractivity contribution is 0.108. The van der Waals surface area contributed by atoms with Gasteiger partial charge in [0.15, 0.2) is 0 Å². The van der Waals surface area contributed by atoms with E-state index in [0.29, 0.717) is 0 Å². The van der Waals surface area contributed by atoms with Crippen molar-refractivity contribution in [1.29, 1.82) is 0 Å². The maximum absolute atomic E-state index is 9.95. The van der Waals surface area contributed by atoms with Crippen molar-refractivity contribution in [2.24, 2.45) is 0 Å². The van der Waals surface area contributed by atoms with Crippen LogP contribution in [0, 0.1) is 6.92 Å². The maximum atomic E-state index is 9.95. The minimum absolute atomic E-state index is 0.271. The quantitative estimate of drug-likeness (QED) is 0.871. The number of aliphatic hydroxyl groups excluding tert-OH is 1. The molecule has 0 bridgehead atoms. The van der Waals surface area contributed by atoms with Crippen LogP contribution in [0.4, 0.5) is 0 Å². The number of ether oxygens (including phenoxy) is 1. The molecule has 0 radical (unpaired) electrons. The first-order chi connectivity index (χ1) is 8.25. The number of hydrogen-bond acceptors (Lipinski definition) is 2. The fraction of sp³-hybridized carbons (Fsp3) is 0.200. The number of aliphatic hydroxyl groups is 1. The van der Waals surface area contributed by atoms with Crippen LogP contribution in [-0.2, 0) is 0 Å². The van der Waals surface area contributed by atoms with Gasteiger partial charge in [-0.1, -0.05) is 48.0 Å². The highest BCUT2D eigenvalue weighted by Crippen LogP contribution is 2.16. The van der Waals surface area contributed by atoms with Crippen LogP contribution in [0.3, 0.4) is 0 Å². The van der Waals surface area contributed by atoms with E-state index in [-0.39, 0.29) is 6.61 Å². The number of hydrogen-bond donors (Lipinski definition) is 1. The topological polar surface area (TPSA) is 29.5 Å². The molecule has 2 aromatic rings. The third-order valence-corrected chi connectivity index (χ3v) is 2.61. The minimum Gasteiger partial charge on any atom is -0.491 e. The Hall–Kier alpha value is -1.80. The number of benzene rings is 2. The van der Waals surface area contributed by atoms with Crippen LogP contribution < -0.4 is 4.74 Å². The summed E-state index contributed by atoms with van der Waals surface area (Å²) in [5.74, 6) is 0.777. The Balaban J connectivity index is 1.93. The average molecular weight is 228 g/mol. The molecule has 2 nitrogen and oxygen atoms in total. The van der Waals surface area contributed by atoms with Crippen LogP contribution in [0.25, 0.3) is 0 Å². The molecular weight excluding hydrogens is 212 g/mol. The molecule has 0 aliphatic rings. The van der Waals surface area contributed by atoms with Gasteiger partial charge in [0, 0.05) is 0 Å². The fourth-order valence-corrected chi connectivity index (χ4v) is 1.58. The molecule has 1 atom stereocenters. The van der Waals surface area contributed by atoms with Crippen molar-refractivity contribution in [2.45, 2.75) is 13.0 Å². The van der Waals surface area contributed by atoms with Crippen molar-refractivity contribution in [1.82, 2.24) is 0 Å². The van der Waals surface area contributed by atoms with Crippen LogP contribution >= 0.6 is 0 Å². The lowest BCUT2D eigenvalue weighted by atomic mass is 10.1. The molecule has 0 aromatic heterocycles. The molecule has 0 spiro atoms. The van der Waals surface area contributed by atoms with E-state index in [0.717, 1.165) is 11.3 Å². The van der Waals surface area contributed by atoms with Gasteiger partial charge in [0.25, 0.3) is 0 Å². The van der Waals surface area contributed by atoms with Crippen molar-refractivity contribution in [3.63, 3.8) is 0 Å². The molecule has 2 aromatic carbocycles. The standard InChI is InChI=1S/C15H16O2/c1-12-7-9-13(10-8-12)15(16)11-17-14-5-3-2-4-6-14/h2-10,15-16H,11H2,1H3/t15-/m1/s1. The highest BCUT2D eigenvalue weighted by molar-refractivity contribution is 5.24. The zero-order valence-corrected chi connectivity index (χ0v) is 9.84. The van der Waals surface area contributed by atoms with E-state index in [1.165, 1.54) is 5.56 Å². The monoisotopic (exact) mass is 228 g/mol. The van der Waals surface area contributed by atoms with Gasteiger partial charge in [0.1, 0.15) is 18.5 Å². The van der Waals surface area contributed by atoms with Gasteiger partial charge in [-0.05, 0) is 24.6 Å². The van der Waals surface area contributed by atoms with E-state index in [1.807, 2.05) is 61.5 Å². The summed E-state index contributed by atoms with van der Waals surface area (Å²) in [6.07, 6.45) is -0.587. The van der Waals surface area contributed by atoms with Gasteiger partial charge in [-0.3, -0.25) is 0 Å². The average Bonchev–Trinajstić information content (AvgIpc) is 2.38. The lowest BCUT2D eigenvalue weighted by Crippen LogP contribution is -2.09. The SMILES string of the molecule is Cc1ccc([C@H](O)COc2ccccc2)cc1. The highest BCUT2D eigenvalue weighted by atomic mass is 16.5.